The molecule has 98 valence electrons. The average molecular weight is 313 g/mol. The monoisotopic (exact) mass is 312 g/mol. The van der Waals surface area contributed by atoms with E-state index in [0.29, 0.717) is 30.9 Å². The molecule has 18 heavy (non-hydrogen) atoms. The normalized spacial score (nSPS) is 10.1. The summed E-state index contributed by atoms with van der Waals surface area (Å²) in [6, 6.07) is 5.24. The van der Waals surface area contributed by atoms with Crippen molar-refractivity contribution in [2.75, 3.05) is 32.5 Å². The van der Waals surface area contributed by atoms with Gasteiger partial charge in [-0.3, -0.25) is 4.79 Å². The molecule has 0 heterocycles. The zero-order valence-electron chi connectivity index (χ0n) is 10.4. The van der Waals surface area contributed by atoms with Gasteiger partial charge in [-0.05, 0) is 18.2 Å². The van der Waals surface area contributed by atoms with Gasteiger partial charge >= 0.3 is 0 Å². The standard InChI is InChI=1S/C13H17BrN2O2/c1-3-6-16(7-8-18-2)13(17)11-9-10(14)4-5-12(11)15/h3-5,9H,1,6-8,15H2,2H3. The zero-order chi connectivity index (χ0) is 13.5. The van der Waals surface area contributed by atoms with Crippen LogP contribution in [0.3, 0.4) is 0 Å². The van der Waals surface area contributed by atoms with Crippen LogP contribution in [-0.2, 0) is 4.74 Å². The van der Waals surface area contributed by atoms with Crippen LogP contribution in [0.1, 0.15) is 10.4 Å². The number of methoxy groups -OCH3 is 1. The summed E-state index contributed by atoms with van der Waals surface area (Å²) in [6.45, 7) is 5.10. The number of benzene rings is 1. The molecule has 0 aromatic heterocycles. The average Bonchev–Trinajstić information content (AvgIpc) is 2.36. The van der Waals surface area contributed by atoms with Gasteiger partial charge in [-0.1, -0.05) is 22.0 Å². The highest BCUT2D eigenvalue weighted by molar-refractivity contribution is 9.10. The third-order valence-corrected chi connectivity index (χ3v) is 2.94. The molecule has 0 radical (unpaired) electrons. The third-order valence-electron chi connectivity index (χ3n) is 2.45. The molecule has 1 aromatic rings. The van der Waals surface area contributed by atoms with E-state index in [2.05, 4.69) is 22.5 Å². The summed E-state index contributed by atoms with van der Waals surface area (Å²) in [5, 5.41) is 0. The van der Waals surface area contributed by atoms with Crippen LogP contribution in [0.4, 0.5) is 5.69 Å². The maximum atomic E-state index is 12.3. The first-order valence-electron chi connectivity index (χ1n) is 5.54. The number of hydrogen-bond donors (Lipinski definition) is 1. The number of nitrogens with zero attached hydrogens (tertiary/aromatic N) is 1. The Hall–Kier alpha value is -1.33. The summed E-state index contributed by atoms with van der Waals surface area (Å²) in [6.07, 6.45) is 1.68. The molecule has 1 rings (SSSR count). The molecule has 0 aliphatic rings. The van der Waals surface area contributed by atoms with Crippen LogP contribution in [0.5, 0.6) is 0 Å². The Balaban J connectivity index is 2.93. The second kappa shape index (κ2) is 7.18. The van der Waals surface area contributed by atoms with E-state index in [4.69, 9.17) is 10.5 Å². The van der Waals surface area contributed by atoms with Crippen LogP contribution in [0.25, 0.3) is 0 Å². The van der Waals surface area contributed by atoms with E-state index in [0.717, 1.165) is 4.47 Å². The molecule has 0 atom stereocenters. The zero-order valence-corrected chi connectivity index (χ0v) is 11.9. The summed E-state index contributed by atoms with van der Waals surface area (Å²) in [5.41, 5.74) is 6.78. The van der Waals surface area contributed by atoms with E-state index in [1.54, 1.807) is 36.3 Å². The van der Waals surface area contributed by atoms with Crippen molar-refractivity contribution >= 4 is 27.5 Å². The van der Waals surface area contributed by atoms with Gasteiger partial charge in [0.1, 0.15) is 0 Å². The maximum absolute atomic E-state index is 12.3. The van der Waals surface area contributed by atoms with Crippen molar-refractivity contribution in [2.24, 2.45) is 0 Å². The summed E-state index contributed by atoms with van der Waals surface area (Å²) >= 11 is 3.33. The molecule has 1 amide bonds. The highest BCUT2D eigenvalue weighted by Crippen LogP contribution is 2.20. The topological polar surface area (TPSA) is 55.6 Å². The molecule has 0 bridgehead atoms. The number of rotatable bonds is 6. The van der Waals surface area contributed by atoms with Gasteiger partial charge in [0.15, 0.2) is 0 Å². The van der Waals surface area contributed by atoms with Crippen molar-refractivity contribution in [3.8, 4) is 0 Å². The molecule has 0 aliphatic carbocycles. The SMILES string of the molecule is C=CCN(CCOC)C(=O)c1cc(Br)ccc1N. The molecular formula is C13H17BrN2O2. The van der Waals surface area contributed by atoms with E-state index in [9.17, 15) is 4.79 Å². The van der Waals surface area contributed by atoms with Crippen molar-refractivity contribution in [1.29, 1.82) is 0 Å². The van der Waals surface area contributed by atoms with Crippen molar-refractivity contribution in [2.45, 2.75) is 0 Å². The Bertz CT molecular complexity index is 435. The summed E-state index contributed by atoms with van der Waals surface area (Å²) in [5.74, 6) is -0.120. The van der Waals surface area contributed by atoms with E-state index < -0.39 is 0 Å². The third kappa shape index (κ3) is 3.85. The van der Waals surface area contributed by atoms with Crippen molar-refractivity contribution in [1.82, 2.24) is 4.90 Å². The van der Waals surface area contributed by atoms with Gasteiger partial charge in [-0.15, -0.1) is 6.58 Å². The lowest BCUT2D eigenvalue weighted by atomic mass is 10.1. The molecule has 4 nitrogen and oxygen atoms in total. The van der Waals surface area contributed by atoms with Crippen molar-refractivity contribution in [3.63, 3.8) is 0 Å². The number of nitrogens with two attached hydrogens (primary N) is 1. The fourth-order valence-electron chi connectivity index (χ4n) is 1.52. The molecule has 0 aliphatic heterocycles. The van der Waals surface area contributed by atoms with Crippen LogP contribution in [0.15, 0.2) is 35.3 Å². The highest BCUT2D eigenvalue weighted by Gasteiger charge is 2.17. The fraction of sp³-hybridized carbons (Fsp3) is 0.308. The molecule has 5 heteroatoms. The van der Waals surface area contributed by atoms with Crippen LogP contribution in [0.2, 0.25) is 0 Å². The second-order valence-corrected chi connectivity index (χ2v) is 4.68. The van der Waals surface area contributed by atoms with Gasteiger partial charge < -0.3 is 15.4 Å². The van der Waals surface area contributed by atoms with Gasteiger partial charge in [0.2, 0.25) is 0 Å². The van der Waals surface area contributed by atoms with E-state index in [1.807, 2.05) is 0 Å². The number of nitrogen functional groups attached to an aromatic ring is 1. The second-order valence-electron chi connectivity index (χ2n) is 3.76. The van der Waals surface area contributed by atoms with Gasteiger partial charge in [-0.2, -0.15) is 0 Å². The predicted octanol–water partition coefficient (Wildman–Crippen LogP) is 2.31. The number of amides is 1. The van der Waals surface area contributed by atoms with Gasteiger partial charge in [0.05, 0.1) is 12.2 Å². The number of halogens is 1. The maximum Gasteiger partial charge on any atom is 0.256 e. The Labute approximate surface area is 116 Å². The lowest BCUT2D eigenvalue weighted by Gasteiger charge is -2.21. The predicted molar refractivity (Wildman–Crippen MR) is 76.5 cm³/mol. The first-order valence-corrected chi connectivity index (χ1v) is 6.33. The lowest BCUT2D eigenvalue weighted by Crippen LogP contribution is -2.34. The van der Waals surface area contributed by atoms with Crippen molar-refractivity contribution in [3.05, 3.63) is 40.9 Å². The molecule has 0 unspecified atom stereocenters. The first kappa shape index (κ1) is 14.7. The van der Waals surface area contributed by atoms with E-state index in [1.165, 1.54) is 0 Å². The number of ether oxygens (including phenoxy) is 1. The minimum absolute atomic E-state index is 0.120. The quantitative estimate of drug-likeness (QED) is 0.648. The number of carbonyl (C=O) groups is 1. The Morgan fingerprint density at radius 1 is 1.61 bits per heavy atom. The minimum atomic E-state index is -0.120. The molecule has 0 saturated heterocycles. The first-order chi connectivity index (χ1) is 8.60. The molecule has 0 spiro atoms. The Kier molecular flexibility index (Phi) is 5.88. The smallest absolute Gasteiger partial charge is 0.256 e. The molecule has 1 aromatic carbocycles. The molecular weight excluding hydrogens is 296 g/mol. The van der Waals surface area contributed by atoms with Crippen LogP contribution >= 0.6 is 15.9 Å². The van der Waals surface area contributed by atoms with Gasteiger partial charge in [0, 0.05) is 30.4 Å². The molecule has 0 fully saturated rings. The summed E-state index contributed by atoms with van der Waals surface area (Å²) < 4.78 is 5.81. The van der Waals surface area contributed by atoms with Crippen LogP contribution in [-0.4, -0.2) is 37.6 Å². The van der Waals surface area contributed by atoms with Crippen molar-refractivity contribution < 1.29 is 9.53 Å². The minimum Gasteiger partial charge on any atom is -0.398 e. The molecule has 0 saturated carbocycles. The molecule has 2 N–H and O–H groups in total. The Morgan fingerprint density at radius 2 is 2.33 bits per heavy atom. The number of hydrogen-bond acceptors (Lipinski definition) is 3. The van der Waals surface area contributed by atoms with Crippen LogP contribution in [0, 0.1) is 0 Å². The highest BCUT2D eigenvalue weighted by atomic mass is 79.9. The summed E-state index contributed by atoms with van der Waals surface area (Å²) in [7, 11) is 1.60. The van der Waals surface area contributed by atoms with E-state index in [-0.39, 0.29) is 5.91 Å². The summed E-state index contributed by atoms with van der Waals surface area (Å²) in [4.78, 5) is 14.0. The van der Waals surface area contributed by atoms with E-state index >= 15 is 0 Å². The largest absolute Gasteiger partial charge is 0.398 e. The number of anilines is 1. The number of carbonyl (C=O) groups excluding carboxylic acids is 1. The van der Waals surface area contributed by atoms with Crippen LogP contribution < -0.4 is 5.73 Å². The Morgan fingerprint density at radius 3 is 2.94 bits per heavy atom. The van der Waals surface area contributed by atoms with Gasteiger partial charge in [0.25, 0.3) is 5.91 Å². The fourth-order valence-corrected chi connectivity index (χ4v) is 1.88. The van der Waals surface area contributed by atoms with Gasteiger partial charge in [-0.25, -0.2) is 0 Å². The lowest BCUT2D eigenvalue weighted by molar-refractivity contribution is 0.0719.